The van der Waals surface area contributed by atoms with Gasteiger partial charge in [-0.05, 0) is 18.4 Å². The molecule has 0 aliphatic heterocycles. The molecule has 1 aromatic carbocycles. The zero-order valence-corrected chi connectivity index (χ0v) is 14.9. The van der Waals surface area contributed by atoms with E-state index in [9.17, 15) is 5.11 Å². The summed E-state index contributed by atoms with van der Waals surface area (Å²) in [4.78, 5) is 13.4. The Kier molecular flexibility index (Phi) is 3.82. The minimum absolute atomic E-state index is 0.132. The molecule has 138 valence electrons. The molecule has 5 rings (SSSR count). The average Bonchev–Trinajstić information content (AvgIpc) is 3.09. The summed E-state index contributed by atoms with van der Waals surface area (Å²) in [7, 11) is 0. The smallest absolute Gasteiger partial charge is 0.224 e. The van der Waals surface area contributed by atoms with Crippen molar-refractivity contribution in [2.75, 3.05) is 17.7 Å². The highest BCUT2D eigenvalue weighted by Gasteiger charge is 2.39. The molecular weight excluding hydrogens is 340 g/mol. The van der Waals surface area contributed by atoms with Crippen LogP contribution in [0.3, 0.4) is 0 Å². The Bertz CT molecular complexity index is 998. The molecule has 0 saturated heterocycles. The van der Waals surface area contributed by atoms with Crippen molar-refractivity contribution < 1.29 is 5.11 Å². The number of imidazole rings is 1. The fourth-order valence-electron chi connectivity index (χ4n) is 3.97. The maximum absolute atomic E-state index is 9.38. The number of hydrogen-bond donors (Lipinski definition) is 3. The molecule has 0 bridgehead atoms. The van der Waals surface area contributed by atoms with E-state index in [0.717, 1.165) is 24.0 Å². The molecule has 2 aromatic heterocycles. The minimum Gasteiger partial charge on any atom is -0.396 e. The van der Waals surface area contributed by atoms with Gasteiger partial charge in [0.2, 0.25) is 5.95 Å². The number of fused-ring (bicyclic) bond motifs is 1. The Morgan fingerprint density at radius 1 is 1.15 bits per heavy atom. The highest BCUT2D eigenvalue weighted by molar-refractivity contribution is 5.84. The van der Waals surface area contributed by atoms with E-state index in [2.05, 4.69) is 56.7 Å². The first-order chi connectivity index (χ1) is 13.2. The third-order valence-corrected chi connectivity index (χ3v) is 5.52. The van der Waals surface area contributed by atoms with E-state index in [1.807, 2.05) is 10.6 Å². The van der Waals surface area contributed by atoms with E-state index in [4.69, 9.17) is 5.73 Å². The van der Waals surface area contributed by atoms with Crippen LogP contribution in [0.5, 0.6) is 0 Å². The lowest BCUT2D eigenvalue weighted by Gasteiger charge is -2.13. The highest BCUT2D eigenvalue weighted by Crippen LogP contribution is 2.43. The maximum atomic E-state index is 9.38. The maximum Gasteiger partial charge on any atom is 0.224 e. The molecule has 4 N–H and O–H groups in total. The van der Waals surface area contributed by atoms with Gasteiger partial charge in [-0.2, -0.15) is 9.97 Å². The van der Waals surface area contributed by atoms with Crippen molar-refractivity contribution >= 4 is 22.9 Å². The second-order valence-electron chi connectivity index (χ2n) is 7.39. The van der Waals surface area contributed by atoms with E-state index < -0.39 is 0 Å². The number of hydrogen-bond acceptors (Lipinski definition) is 6. The fraction of sp³-hybridized carbons (Fsp3) is 0.350. The lowest BCUT2D eigenvalue weighted by molar-refractivity contribution is 0.244. The SMILES string of the molecule is Nc1nc(N[C@@H]2C[C@H]2c2ccccc2)c2ncn([C@@H]3C=C[C@H](CO)C3)c2n1. The van der Waals surface area contributed by atoms with Gasteiger partial charge in [0.05, 0.1) is 12.4 Å². The predicted octanol–water partition coefficient (Wildman–Crippen LogP) is 2.49. The van der Waals surface area contributed by atoms with Gasteiger partial charge in [-0.3, -0.25) is 0 Å². The number of nitrogens with one attached hydrogen (secondary N) is 1. The molecule has 0 radical (unpaired) electrons. The summed E-state index contributed by atoms with van der Waals surface area (Å²) in [5, 5.41) is 12.9. The number of nitrogen functional groups attached to an aromatic ring is 1. The van der Waals surface area contributed by atoms with Crippen molar-refractivity contribution in [3.63, 3.8) is 0 Å². The van der Waals surface area contributed by atoms with Gasteiger partial charge >= 0.3 is 0 Å². The molecule has 0 unspecified atom stereocenters. The zero-order chi connectivity index (χ0) is 18.4. The van der Waals surface area contributed by atoms with Gasteiger partial charge in [0.1, 0.15) is 0 Å². The van der Waals surface area contributed by atoms with Gasteiger partial charge in [0.25, 0.3) is 0 Å². The molecule has 0 amide bonds. The van der Waals surface area contributed by atoms with Crippen LogP contribution in [0.1, 0.15) is 30.4 Å². The van der Waals surface area contributed by atoms with Crippen LogP contribution in [0.25, 0.3) is 11.2 Å². The summed E-state index contributed by atoms with van der Waals surface area (Å²) in [6.45, 7) is 0.159. The number of nitrogens with two attached hydrogens (primary N) is 1. The molecule has 2 heterocycles. The lowest BCUT2D eigenvalue weighted by atomic mass is 10.1. The van der Waals surface area contributed by atoms with Crippen molar-refractivity contribution in [1.29, 1.82) is 0 Å². The summed E-state index contributed by atoms with van der Waals surface area (Å²) in [5.74, 6) is 1.61. The molecular formula is C20H22N6O. The molecule has 1 fully saturated rings. The largest absolute Gasteiger partial charge is 0.396 e. The summed E-state index contributed by atoms with van der Waals surface area (Å²) in [5.41, 5.74) is 8.79. The molecule has 0 spiro atoms. The molecule has 2 aliphatic carbocycles. The second kappa shape index (κ2) is 6.35. The number of rotatable bonds is 5. The summed E-state index contributed by atoms with van der Waals surface area (Å²) in [6.07, 6.45) is 7.85. The number of aromatic nitrogens is 4. The van der Waals surface area contributed by atoms with Gasteiger partial charge in [-0.1, -0.05) is 42.5 Å². The first-order valence-corrected chi connectivity index (χ1v) is 9.33. The Morgan fingerprint density at radius 2 is 2.00 bits per heavy atom. The van der Waals surface area contributed by atoms with Crippen molar-refractivity contribution in [2.45, 2.75) is 30.8 Å². The zero-order valence-electron chi connectivity index (χ0n) is 14.9. The van der Waals surface area contributed by atoms with Crippen molar-refractivity contribution in [1.82, 2.24) is 19.5 Å². The number of allylic oxidation sites excluding steroid dienone is 1. The Morgan fingerprint density at radius 3 is 2.78 bits per heavy atom. The monoisotopic (exact) mass is 362 g/mol. The van der Waals surface area contributed by atoms with Crippen LogP contribution < -0.4 is 11.1 Å². The van der Waals surface area contributed by atoms with Crippen molar-refractivity contribution in [3.8, 4) is 0 Å². The standard InChI is InChI=1S/C20H22N6O/c21-20-24-18(23-16-9-15(16)13-4-2-1-3-5-13)17-19(25-20)26(11-22-17)14-7-6-12(8-14)10-27/h1-7,11-12,14-16,27H,8-10H2,(H3,21,23,24,25)/t12-,14+,15-,16+/m0/s1. The van der Waals surface area contributed by atoms with Gasteiger partial charge in [0.15, 0.2) is 17.0 Å². The van der Waals surface area contributed by atoms with Crippen LogP contribution >= 0.6 is 0 Å². The minimum atomic E-state index is 0.132. The van der Waals surface area contributed by atoms with Crippen molar-refractivity contribution in [2.24, 2.45) is 5.92 Å². The van der Waals surface area contributed by atoms with E-state index >= 15 is 0 Å². The van der Waals surface area contributed by atoms with Crippen LogP contribution in [0.4, 0.5) is 11.8 Å². The van der Waals surface area contributed by atoms with E-state index in [0.29, 0.717) is 17.8 Å². The van der Waals surface area contributed by atoms with E-state index in [-0.39, 0.29) is 24.5 Å². The van der Waals surface area contributed by atoms with Crippen LogP contribution in [0.2, 0.25) is 0 Å². The molecule has 1 saturated carbocycles. The predicted molar refractivity (Wildman–Crippen MR) is 104 cm³/mol. The molecule has 7 nitrogen and oxygen atoms in total. The Hall–Kier alpha value is -2.93. The van der Waals surface area contributed by atoms with Crippen molar-refractivity contribution in [3.05, 3.63) is 54.4 Å². The number of aliphatic hydroxyl groups is 1. The van der Waals surface area contributed by atoms with Crippen LogP contribution in [-0.4, -0.2) is 37.3 Å². The normalized spacial score (nSPS) is 26.6. The summed E-state index contributed by atoms with van der Waals surface area (Å²) in [6, 6.07) is 11.0. The Labute approximate surface area is 157 Å². The van der Waals surface area contributed by atoms with Crippen LogP contribution in [0, 0.1) is 5.92 Å². The van der Waals surface area contributed by atoms with Crippen LogP contribution in [-0.2, 0) is 0 Å². The number of benzene rings is 1. The summed E-state index contributed by atoms with van der Waals surface area (Å²) >= 11 is 0. The molecule has 4 atom stereocenters. The van der Waals surface area contributed by atoms with E-state index in [1.54, 1.807) is 6.33 Å². The van der Waals surface area contributed by atoms with Gasteiger partial charge in [-0.25, -0.2) is 4.98 Å². The average molecular weight is 362 g/mol. The van der Waals surface area contributed by atoms with Crippen LogP contribution in [0.15, 0.2) is 48.8 Å². The third-order valence-electron chi connectivity index (χ3n) is 5.52. The third kappa shape index (κ3) is 2.94. The Balaban J connectivity index is 1.42. The molecule has 2 aliphatic rings. The lowest BCUT2D eigenvalue weighted by Crippen LogP contribution is -2.11. The molecule has 27 heavy (non-hydrogen) atoms. The number of anilines is 2. The quantitative estimate of drug-likeness (QED) is 0.603. The number of nitrogens with zero attached hydrogens (tertiary/aromatic N) is 4. The fourth-order valence-corrected chi connectivity index (χ4v) is 3.97. The van der Waals surface area contributed by atoms with Gasteiger partial charge in [-0.15, -0.1) is 0 Å². The first-order valence-electron chi connectivity index (χ1n) is 9.33. The number of aliphatic hydroxyl groups excluding tert-OH is 1. The molecule has 3 aromatic rings. The topological polar surface area (TPSA) is 102 Å². The van der Waals surface area contributed by atoms with E-state index in [1.165, 1.54) is 5.56 Å². The van der Waals surface area contributed by atoms with Gasteiger partial charge < -0.3 is 20.7 Å². The summed E-state index contributed by atoms with van der Waals surface area (Å²) < 4.78 is 2.02. The van der Waals surface area contributed by atoms with Gasteiger partial charge in [0, 0.05) is 24.5 Å². The first kappa shape index (κ1) is 16.3. The molecule has 7 heteroatoms. The highest BCUT2D eigenvalue weighted by atomic mass is 16.3. The second-order valence-corrected chi connectivity index (χ2v) is 7.39.